The molecule has 0 N–H and O–H groups in total. The zero-order chi connectivity index (χ0) is 9.97. The molecule has 14 heavy (non-hydrogen) atoms. The van der Waals surface area contributed by atoms with E-state index in [4.69, 9.17) is 16.3 Å². The van der Waals surface area contributed by atoms with Crippen LogP contribution >= 0.6 is 22.9 Å². The van der Waals surface area contributed by atoms with Gasteiger partial charge in [0.1, 0.15) is 5.01 Å². The van der Waals surface area contributed by atoms with Crippen molar-refractivity contribution in [2.75, 3.05) is 7.11 Å². The second kappa shape index (κ2) is 3.94. The van der Waals surface area contributed by atoms with E-state index in [1.807, 2.05) is 12.1 Å². The highest BCUT2D eigenvalue weighted by Crippen LogP contribution is 2.36. The minimum Gasteiger partial charge on any atom is -0.485 e. The summed E-state index contributed by atoms with van der Waals surface area (Å²) in [6.45, 7) is 0. The molecular weight excluding hydrogens is 220 g/mol. The molecule has 2 heterocycles. The first-order valence-corrected chi connectivity index (χ1v) is 5.11. The predicted molar refractivity (Wildman–Crippen MR) is 56.9 cm³/mol. The fourth-order valence-electron chi connectivity index (χ4n) is 1.03. The molecule has 2 rings (SSSR count). The zero-order valence-corrected chi connectivity index (χ0v) is 8.97. The molecule has 2 aromatic heterocycles. The first-order valence-electron chi connectivity index (χ1n) is 3.92. The summed E-state index contributed by atoms with van der Waals surface area (Å²) in [4.78, 5) is 8.18. The largest absolute Gasteiger partial charge is 0.485 e. The molecule has 0 atom stereocenters. The van der Waals surface area contributed by atoms with Gasteiger partial charge < -0.3 is 4.74 Å². The standard InChI is InChI=1S/C9H7ClN2OS/c1-13-9-7(10)12-8(14-9)6-3-2-4-11-5-6/h2-5H,1H3. The molecule has 0 saturated heterocycles. The Morgan fingerprint density at radius 3 is 2.93 bits per heavy atom. The lowest BCUT2D eigenvalue weighted by Crippen LogP contribution is -1.77. The van der Waals surface area contributed by atoms with Crippen LogP contribution in [0.15, 0.2) is 24.5 Å². The van der Waals surface area contributed by atoms with Crippen LogP contribution in [0, 0.1) is 0 Å². The minimum atomic E-state index is 0.399. The summed E-state index contributed by atoms with van der Waals surface area (Å²) >= 11 is 7.26. The maximum Gasteiger partial charge on any atom is 0.213 e. The van der Waals surface area contributed by atoms with E-state index in [-0.39, 0.29) is 0 Å². The maximum absolute atomic E-state index is 5.85. The van der Waals surface area contributed by atoms with Gasteiger partial charge in [-0.3, -0.25) is 4.98 Å². The Labute approximate surface area is 90.3 Å². The molecule has 72 valence electrons. The Bertz CT molecular complexity index is 430. The predicted octanol–water partition coefficient (Wildman–Crippen LogP) is 2.87. The summed E-state index contributed by atoms with van der Waals surface area (Å²) in [5.41, 5.74) is 0.947. The van der Waals surface area contributed by atoms with E-state index in [9.17, 15) is 0 Å². The minimum absolute atomic E-state index is 0.399. The molecule has 0 saturated carbocycles. The number of thiazole rings is 1. The van der Waals surface area contributed by atoms with E-state index in [1.54, 1.807) is 19.5 Å². The fraction of sp³-hybridized carbons (Fsp3) is 0.111. The Morgan fingerprint density at radius 1 is 1.50 bits per heavy atom. The van der Waals surface area contributed by atoms with E-state index in [2.05, 4.69) is 9.97 Å². The smallest absolute Gasteiger partial charge is 0.213 e. The molecule has 0 amide bonds. The van der Waals surface area contributed by atoms with E-state index < -0.39 is 0 Å². The van der Waals surface area contributed by atoms with Gasteiger partial charge in [0.2, 0.25) is 5.06 Å². The highest BCUT2D eigenvalue weighted by atomic mass is 35.5. The molecule has 0 fully saturated rings. The van der Waals surface area contributed by atoms with Crippen molar-refractivity contribution in [2.45, 2.75) is 0 Å². The average Bonchev–Trinajstić information content (AvgIpc) is 2.61. The molecule has 3 nitrogen and oxygen atoms in total. The molecule has 0 aliphatic rings. The van der Waals surface area contributed by atoms with Crippen LogP contribution in [-0.4, -0.2) is 17.1 Å². The molecule has 0 spiro atoms. The fourth-order valence-corrected chi connectivity index (χ4v) is 2.12. The molecule has 0 aromatic carbocycles. The van der Waals surface area contributed by atoms with E-state index >= 15 is 0 Å². The van der Waals surface area contributed by atoms with Crippen LogP contribution in [0.1, 0.15) is 0 Å². The SMILES string of the molecule is COc1sc(-c2cccnc2)nc1Cl. The van der Waals surface area contributed by atoms with Crippen molar-refractivity contribution in [1.82, 2.24) is 9.97 Å². The van der Waals surface area contributed by atoms with Gasteiger partial charge in [-0.2, -0.15) is 0 Å². The lowest BCUT2D eigenvalue weighted by atomic mass is 10.3. The number of methoxy groups -OCH3 is 1. The number of hydrogen-bond acceptors (Lipinski definition) is 4. The number of aromatic nitrogens is 2. The molecule has 0 aliphatic carbocycles. The van der Waals surface area contributed by atoms with Gasteiger partial charge in [-0.25, -0.2) is 4.98 Å². The van der Waals surface area contributed by atoms with E-state index in [0.717, 1.165) is 10.6 Å². The van der Waals surface area contributed by atoms with Gasteiger partial charge in [-0.15, -0.1) is 0 Å². The van der Waals surface area contributed by atoms with Crippen molar-refractivity contribution in [1.29, 1.82) is 0 Å². The van der Waals surface area contributed by atoms with E-state index in [1.165, 1.54) is 11.3 Å². The Morgan fingerprint density at radius 2 is 2.36 bits per heavy atom. The van der Waals surface area contributed by atoms with Gasteiger partial charge in [0.15, 0.2) is 5.15 Å². The zero-order valence-electron chi connectivity index (χ0n) is 7.40. The second-order valence-corrected chi connectivity index (χ2v) is 3.86. The lowest BCUT2D eigenvalue weighted by Gasteiger charge is -1.92. The Balaban J connectivity index is 2.43. The summed E-state index contributed by atoms with van der Waals surface area (Å²) in [7, 11) is 1.58. The molecule has 0 bridgehead atoms. The molecule has 0 radical (unpaired) electrons. The van der Waals surface area contributed by atoms with Crippen molar-refractivity contribution >= 4 is 22.9 Å². The van der Waals surface area contributed by atoms with Crippen LogP contribution in [-0.2, 0) is 0 Å². The van der Waals surface area contributed by atoms with Gasteiger partial charge >= 0.3 is 0 Å². The number of pyridine rings is 1. The first-order chi connectivity index (χ1) is 6.81. The number of nitrogens with zero attached hydrogens (tertiary/aromatic N) is 2. The van der Waals surface area contributed by atoms with Crippen LogP contribution in [0.4, 0.5) is 0 Å². The number of ether oxygens (including phenoxy) is 1. The van der Waals surface area contributed by atoms with E-state index in [0.29, 0.717) is 10.2 Å². The quantitative estimate of drug-likeness (QED) is 0.790. The topological polar surface area (TPSA) is 35.0 Å². The Kier molecular flexibility index (Phi) is 2.65. The number of halogens is 1. The van der Waals surface area contributed by atoms with Gasteiger partial charge in [0.25, 0.3) is 0 Å². The summed E-state index contributed by atoms with van der Waals surface area (Å²) < 4.78 is 5.05. The van der Waals surface area contributed by atoms with Crippen molar-refractivity contribution in [3.63, 3.8) is 0 Å². The maximum atomic E-state index is 5.85. The summed E-state index contributed by atoms with van der Waals surface area (Å²) in [6.07, 6.45) is 3.46. The monoisotopic (exact) mass is 226 g/mol. The van der Waals surface area contributed by atoms with Gasteiger partial charge in [0, 0.05) is 18.0 Å². The van der Waals surface area contributed by atoms with Crippen molar-refractivity contribution in [2.24, 2.45) is 0 Å². The van der Waals surface area contributed by atoms with Crippen LogP contribution in [0.5, 0.6) is 5.06 Å². The third kappa shape index (κ3) is 1.71. The molecule has 0 unspecified atom stereocenters. The third-order valence-corrected chi connectivity index (χ3v) is 3.09. The summed E-state index contributed by atoms with van der Waals surface area (Å²) in [5.74, 6) is 0. The van der Waals surface area contributed by atoms with Crippen LogP contribution < -0.4 is 4.74 Å². The van der Waals surface area contributed by atoms with Crippen molar-refractivity contribution in [3.05, 3.63) is 29.7 Å². The molecule has 0 aliphatic heterocycles. The van der Waals surface area contributed by atoms with Crippen molar-refractivity contribution in [3.8, 4) is 15.6 Å². The first kappa shape index (κ1) is 9.43. The number of hydrogen-bond donors (Lipinski definition) is 0. The molecule has 5 heteroatoms. The van der Waals surface area contributed by atoms with Gasteiger partial charge in [-0.05, 0) is 12.1 Å². The van der Waals surface area contributed by atoms with Gasteiger partial charge in [-0.1, -0.05) is 22.9 Å². The van der Waals surface area contributed by atoms with Crippen molar-refractivity contribution < 1.29 is 4.74 Å². The van der Waals surface area contributed by atoms with Crippen LogP contribution in [0.3, 0.4) is 0 Å². The van der Waals surface area contributed by atoms with Crippen LogP contribution in [0.25, 0.3) is 10.6 Å². The Hall–Kier alpha value is -1.13. The average molecular weight is 227 g/mol. The normalized spacial score (nSPS) is 10.1. The molecular formula is C9H7ClN2OS. The highest BCUT2D eigenvalue weighted by molar-refractivity contribution is 7.17. The molecule has 2 aromatic rings. The lowest BCUT2D eigenvalue weighted by molar-refractivity contribution is 0.426. The van der Waals surface area contributed by atoms with Crippen LogP contribution in [0.2, 0.25) is 5.15 Å². The second-order valence-electron chi connectivity index (χ2n) is 2.54. The number of rotatable bonds is 2. The highest BCUT2D eigenvalue weighted by Gasteiger charge is 2.10. The summed E-state index contributed by atoms with van der Waals surface area (Å²) in [5, 5.41) is 1.85. The summed E-state index contributed by atoms with van der Waals surface area (Å²) in [6, 6.07) is 3.79. The van der Waals surface area contributed by atoms with Gasteiger partial charge in [0.05, 0.1) is 7.11 Å². The third-order valence-electron chi connectivity index (χ3n) is 1.65.